The number of carbonyl (C=O) groups excluding carboxylic acids is 1. The summed E-state index contributed by atoms with van der Waals surface area (Å²) in [6, 6.07) is 2.02. The molecule has 3 rings (SSSR count). The number of aromatic nitrogens is 4. The highest BCUT2D eigenvalue weighted by Crippen LogP contribution is 2.37. The Morgan fingerprint density at radius 3 is 2.71 bits per heavy atom. The van der Waals surface area contributed by atoms with E-state index in [9.17, 15) is 9.59 Å². The van der Waals surface area contributed by atoms with Gasteiger partial charge in [0.15, 0.2) is 0 Å². The highest BCUT2D eigenvalue weighted by Gasteiger charge is 2.31. The van der Waals surface area contributed by atoms with E-state index >= 15 is 0 Å². The van der Waals surface area contributed by atoms with Gasteiger partial charge in [-0.25, -0.2) is 4.68 Å². The van der Waals surface area contributed by atoms with Crippen LogP contribution in [0.25, 0.3) is 0 Å². The van der Waals surface area contributed by atoms with Crippen molar-refractivity contribution in [2.45, 2.75) is 52.6 Å². The molecule has 1 atom stereocenters. The predicted octanol–water partition coefficient (Wildman–Crippen LogP) is 1.61. The Balaban J connectivity index is 1.85. The molecule has 1 aliphatic heterocycles. The minimum Gasteiger partial charge on any atom is -0.480 e. The van der Waals surface area contributed by atoms with Crippen LogP contribution in [0.5, 0.6) is 0 Å². The zero-order chi connectivity index (χ0) is 17.4. The van der Waals surface area contributed by atoms with Crippen LogP contribution in [-0.4, -0.2) is 36.5 Å². The van der Waals surface area contributed by atoms with Crippen LogP contribution in [0.1, 0.15) is 41.4 Å². The number of amides is 1. The van der Waals surface area contributed by atoms with E-state index in [-0.39, 0.29) is 18.4 Å². The summed E-state index contributed by atoms with van der Waals surface area (Å²) in [6.45, 7) is 6.26. The molecule has 0 radical (unpaired) electrons. The van der Waals surface area contributed by atoms with Gasteiger partial charge in [-0.05, 0) is 39.2 Å². The van der Waals surface area contributed by atoms with Crippen LogP contribution >= 0.6 is 0 Å². The van der Waals surface area contributed by atoms with Gasteiger partial charge in [0.05, 0.1) is 11.4 Å². The number of nitrogens with zero attached hydrogens (tertiary/aromatic N) is 4. The van der Waals surface area contributed by atoms with E-state index in [1.807, 2.05) is 31.5 Å². The van der Waals surface area contributed by atoms with Gasteiger partial charge in [-0.3, -0.25) is 14.3 Å². The molecule has 0 spiro atoms. The number of fused-ring (bicyclic) bond motifs is 1. The number of carboxylic acid groups (broad SMARTS) is 1. The van der Waals surface area contributed by atoms with Gasteiger partial charge >= 0.3 is 5.97 Å². The molecule has 0 saturated carbocycles. The molecule has 0 unspecified atom stereocenters. The molecule has 0 saturated heterocycles. The van der Waals surface area contributed by atoms with Gasteiger partial charge in [0.25, 0.3) is 0 Å². The van der Waals surface area contributed by atoms with Gasteiger partial charge < -0.3 is 10.4 Å². The summed E-state index contributed by atoms with van der Waals surface area (Å²) in [5.74, 6) is -0.559. The molecule has 128 valence electrons. The Labute approximate surface area is 139 Å². The Bertz CT molecular complexity index is 805. The maximum atomic E-state index is 12.0. The second-order valence-electron chi connectivity index (χ2n) is 6.29. The molecule has 3 heterocycles. The second-order valence-corrected chi connectivity index (χ2v) is 6.29. The summed E-state index contributed by atoms with van der Waals surface area (Å²) in [7, 11) is 0. The van der Waals surface area contributed by atoms with Crippen LogP contribution in [0.3, 0.4) is 0 Å². The third-order valence-corrected chi connectivity index (χ3v) is 4.35. The molecular formula is C16H21N5O3. The number of hydrogen-bond acceptors (Lipinski definition) is 4. The van der Waals surface area contributed by atoms with E-state index in [0.717, 1.165) is 29.1 Å². The van der Waals surface area contributed by atoms with Crippen molar-refractivity contribution in [1.29, 1.82) is 0 Å². The van der Waals surface area contributed by atoms with E-state index in [0.29, 0.717) is 18.8 Å². The number of carboxylic acids is 1. The van der Waals surface area contributed by atoms with Crippen LogP contribution < -0.4 is 5.32 Å². The van der Waals surface area contributed by atoms with E-state index in [1.54, 1.807) is 0 Å². The number of hydrogen-bond donors (Lipinski definition) is 2. The number of aliphatic carboxylic acids is 1. The molecule has 8 nitrogen and oxygen atoms in total. The first-order valence-corrected chi connectivity index (χ1v) is 7.95. The zero-order valence-corrected chi connectivity index (χ0v) is 14.0. The van der Waals surface area contributed by atoms with Crippen molar-refractivity contribution in [2.75, 3.05) is 5.32 Å². The van der Waals surface area contributed by atoms with Gasteiger partial charge in [0.1, 0.15) is 12.4 Å². The van der Waals surface area contributed by atoms with E-state index < -0.39 is 5.97 Å². The summed E-state index contributed by atoms with van der Waals surface area (Å²) < 4.78 is 3.30. The molecule has 2 aromatic heterocycles. The first-order valence-electron chi connectivity index (χ1n) is 7.95. The smallest absolute Gasteiger partial charge is 0.325 e. The van der Waals surface area contributed by atoms with Crippen LogP contribution in [0.4, 0.5) is 5.82 Å². The Morgan fingerprint density at radius 1 is 1.33 bits per heavy atom. The monoisotopic (exact) mass is 331 g/mol. The summed E-state index contributed by atoms with van der Waals surface area (Å²) >= 11 is 0. The number of aryl methyl sites for hydroxylation is 4. The Morgan fingerprint density at radius 2 is 2.08 bits per heavy atom. The lowest BCUT2D eigenvalue weighted by Gasteiger charge is -2.24. The van der Waals surface area contributed by atoms with Crippen LogP contribution in [0, 0.1) is 20.8 Å². The van der Waals surface area contributed by atoms with Crippen molar-refractivity contribution in [1.82, 2.24) is 19.6 Å². The standard InChI is InChI=1S/C16H21N5O3/c1-9-6-10(2)20(18-9)5-4-12-7-13(22)17-16-15(12)11(3)19-21(16)8-14(23)24/h6,12H,4-5,7-8H2,1-3H3,(H,17,22)(H,23,24)/t12-/m0/s1. The predicted molar refractivity (Wildman–Crippen MR) is 86.9 cm³/mol. The number of nitrogens with one attached hydrogen (secondary N) is 1. The minimum atomic E-state index is -0.987. The molecule has 8 heteroatoms. The topological polar surface area (TPSA) is 102 Å². The average molecular weight is 331 g/mol. The Hall–Kier alpha value is -2.64. The van der Waals surface area contributed by atoms with Gasteiger partial charge in [0.2, 0.25) is 5.91 Å². The van der Waals surface area contributed by atoms with Crippen molar-refractivity contribution < 1.29 is 14.7 Å². The van der Waals surface area contributed by atoms with Crippen molar-refractivity contribution in [3.8, 4) is 0 Å². The largest absolute Gasteiger partial charge is 0.480 e. The summed E-state index contributed by atoms with van der Waals surface area (Å²) in [4.78, 5) is 23.0. The number of rotatable bonds is 5. The summed E-state index contributed by atoms with van der Waals surface area (Å²) in [5.41, 5.74) is 3.77. The van der Waals surface area contributed by atoms with Crippen LogP contribution in [0.15, 0.2) is 6.07 Å². The van der Waals surface area contributed by atoms with Crippen molar-refractivity contribution >= 4 is 17.7 Å². The lowest BCUT2D eigenvalue weighted by Crippen LogP contribution is -2.26. The molecule has 1 amide bonds. The number of anilines is 1. The van der Waals surface area contributed by atoms with Gasteiger partial charge in [-0.15, -0.1) is 0 Å². The van der Waals surface area contributed by atoms with Crippen LogP contribution in [-0.2, 0) is 22.7 Å². The molecular weight excluding hydrogens is 310 g/mol. The third-order valence-electron chi connectivity index (χ3n) is 4.35. The summed E-state index contributed by atoms with van der Waals surface area (Å²) in [6.07, 6.45) is 1.13. The maximum Gasteiger partial charge on any atom is 0.325 e. The van der Waals surface area contributed by atoms with Crippen molar-refractivity contribution in [3.05, 3.63) is 28.7 Å². The number of carbonyl (C=O) groups is 2. The van der Waals surface area contributed by atoms with E-state index in [4.69, 9.17) is 5.11 Å². The zero-order valence-electron chi connectivity index (χ0n) is 14.0. The fourth-order valence-electron chi connectivity index (χ4n) is 3.39. The first kappa shape index (κ1) is 16.2. The molecule has 2 aromatic rings. The maximum absolute atomic E-state index is 12.0. The fourth-order valence-corrected chi connectivity index (χ4v) is 3.39. The van der Waals surface area contributed by atoms with Gasteiger partial charge in [0, 0.05) is 24.2 Å². The fraction of sp³-hybridized carbons (Fsp3) is 0.500. The van der Waals surface area contributed by atoms with Crippen molar-refractivity contribution in [3.63, 3.8) is 0 Å². The van der Waals surface area contributed by atoms with Gasteiger partial charge in [-0.2, -0.15) is 10.2 Å². The molecule has 24 heavy (non-hydrogen) atoms. The first-order chi connectivity index (χ1) is 11.3. The highest BCUT2D eigenvalue weighted by molar-refractivity contribution is 5.94. The average Bonchev–Trinajstić information content (AvgIpc) is 2.95. The molecule has 0 bridgehead atoms. The molecule has 1 aliphatic rings. The summed E-state index contributed by atoms with van der Waals surface area (Å²) in [5, 5.41) is 20.5. The molecule has 2 N–H and O–H groups in total. The normalized spacial score (nSPS) is 16.8. The lowest BCUT2D eigenvalue weighted by atomic mass is 9.89. The molecule has 0 aliphatic carbocycles. The van der Waals surface area contributed by atoms with Gasteiger partial charge in [-0.1, -0.05) is 0 Å². The second kappa shape index (κ2) is 6.10. The molecule has 0 fully saturated rings. The van der Waals surface area contributed by atoms with E-state index in [2.05, 4.69) is 15.5 Å². The van der Waals surface area contributed by atoms with Crippen LogP contribution in [0.2, 0.25) is 0 Å². The minimum absolute atomic E-state index is 0.0141. The quantitative estimate of drug-likeness (QED) is 0.866. The van der Waals surface area contributed by atoms with Crippen molar-refractivity contribution in [2.24, 2.45) is 0 Å². The molecule has 0 aromatic carbocycles. The lowest BCUT2D eigenvalue weighted by molar-refractivity contribution is -0.137. The highest BCUT2D eigenvalue weighted by atomic mass is 16.4. The SMILES string of the molecule is Cc1cc(C)n(CC[C@H]2CC(=O)Nc3c2c(C)nn3CC(=O)O)n1. The van der Waals surface area contributed by atoms with E-state index in [1.165, 1.54) is 4.68 Å². The Kier molecular flexibility index (Phi) is 4.13. The third kappa shape index (κ3) is 3.04.